The molecule has 1 unspecified atom stereocenters. The van der Waals surface area contributed by atoms with Crippen LogP contribution in [0.15, 0.2) is 18.2 Å². The van der Waals surface area contributed by atoms with E-state index < -0.39 is 4.92 Å². The Balaban J connectivity index is 2.15. The minimum Gasteiger partial charge on any atom is -0.496 e. The first kappa shape index (κ1) is 14.3. The molecule has 0 aromatic heterocycles. The van der Waals surface area contributed by atoms with Crippen molar-refractivity contribution in [3.8, 4) is 5.75 Å². The number of nitro benzene ring substituents is 1. The van der Waals surface area contributed by atoms with E-state index in [9.17, 15) is 14.9 Å². The molecule has 7 nitrogen and oxygen atoms in total. The predicted octanol–water partition coefficient (Wildman–Crippen LogP) is 1.40. The Kier molecular flexibility index (Phi) is 4.19. The largest absolute Gasteiger partial charge is 0.496 e. The van der Waals surface area contributed by atoms with Crippen LogP contribution in [0.2, 0.25) is 0 Å². The number of nitrogens with one attached hydrogen (secondary N) is 2. The van der Waals surface area contributed by atoms with Crippen LogP contribution in [0.5, 0.6) is 5.75 Å². The molecule has 0 saturated carbocycles. The summed E-state index contributed by atoms with van der Waals surface area (Å²) >= 11 is 0. The zero-order chi connectivity index (χ0) is 14.7. The molecule has 20 heavy (non-hydrogen) atoms. The molecule has 1 fully saturated rings. The Morgan fingerprint density at radius 1 is 1.55 bits per heavy atom. The topological polar surface area (TPSA) is 93.5 Å². The summed E-state index contributed by atoms with van der Waals surface area (Å²) in [5.41, 5.74) is 0.0246. The SMILES string of the molecule is COc1ccc(NC(=O)C(C)C2CNC2)c([N+](=O)[O-])c1. The maximum Gasteiger partial charge on any atom is 0.296 e. The number of nitrogens with zero attached hydrogens (tertiary/aromatic N) is 1. The Bertz CT molecular complexity index is 528. The second-order valence-electron chi connectivity index (χ2n) is 4.84. The summed E-state index contributed by atoms with van der Waals surface area (Å²) in [4.78, 5) is 22.6. The minimum absolute atomic E-state index is 0.170. The molecule has 108 valence electrons. The molecule has 1 aliphatic heterocycles. The molecule has 2 rings (SSSR count). The summed E-state index contributed by atoms with van der Waals surface area (Å²) < 4.78 is 4.95. The highest BCUT2D eigenvalue weighted by molar-refractivity contribution is 5.94. The maximum atomic E-state index is 12.1. The lowest BCUT2D eigenvalue weighted by molar-refractivity contribution is -0.384. The van der Waals surface area contributed by atoms with Gasteiger partial charge in [0.1, 0.15) is 11.4 Å². The van der Waals surface area contributed by atoms with E-state index in [2.05, 4.69) is 10.6 Å². The molecule has 1 aromatic rings. The number of hydrogen-bond acceptors (Lipinski definition) is 5. The van der Waals surface area contributed by atoms with Gasteiger partial charge in [-0.3, -0.25) is 14.9 Å². The van der Waals surface area contributed by atoms with Gasteiger partial charge in [0.05, 0.1) is 18.1 Å². The van der Waals surface area contributed by atoms with Gasteiger partial charge in [0.2, 0.25) is 5.91 Å². The van der Waals surface area contributed by atoms with Gasteiger partial charge in [-0.05, 0) is 31.1 Å². The number of anilines is 1. The van der Waals surface area contributed by atoms with Gasteiger partial charge in [0.25, 0.3) is 5.69 Å². The van der Waals surface area contributed by atoms with Crippen molar-refractivity contribution in [1.29, 1.82) is 0 Å². The average Bonchev–Trinajstić information content (AvgIpc) is 2.36. The van der Waals surface area contributed by atoms with Gasteiger partial charge in [-0.25, -0.2) is 0 Å². The van der Waals surface area contributed by atoms with Crippen molar-refractivity contribution in [2.45, 2.75) is 6.92 Å². The minimum atomic E-state index is -0.534. The molecule has 0 radical (unpaired) electrons. The van der Waals surface area contributed by atoms with Crippen molar-refractivity contribution in [2.75, 3.05) is 25.5 Å². The van der Waals surface area contributed by atoms with Crippen molar-refractivity contribution < 1.29 is 14.5 Å². The van der Waals surface area contributed by atoms with E-state index in [1.165, 1.54) is 19.2 Å². The zero-order valence-electron chi connectivity index (χ0n) is 11.4. The third-order valence-electron chi connectivity index (χ3n) is 3.59. The highest BCUT2D eigenvalue weighted by Gasteiger charge is 2.29. The molecule has 1 aromatic carbocycles. The summed E-state index contributed by atoms with van der Waals surface area (Å²) in [6, 6.07) is 4.37. The van der Waals surface area contributed by atoms with Crippen molar-refractivity contribution in [1.82, 2.24) is 5.32 Å². The number of nitro groups is 1. The standard InChI is InChI=1S/C13H17N3O4/c1-8(9-6-14-7-9)13(17)15-11-4-3-10(20-2)5-12(11)16(18)19/h3-5,8-9,14H,6-7H2,1-2H3,(H,15,17). The van der Waals surface area contributed by atoms with Crippen LogP contribution in [-0.2, 0) is 4.79 Å². The normalized spacial score (nSPS) is 16.1. The molecule has 1 saturated heterocycles. The first-order valence-electron chi connectivity index (χ1n) is 6.37. The predicted molar refractivity (Wildman–Crippen MR) is 73.8 cm³/mol. The van der Waals surface area contributed by atoms with Gasteiger partial charge in [-0.2, -0.15) is 0 Å². The first-order chi connectivity index (χ1) is 9.52. The molecule has 0 spiro atoms. The van der Waals surface area contributed by atoms with Crippen LogP contribution in [0.1, 0.15) is 6.92 Å². The molecule has 7 heteroatoms. The van der Waals surface area contributed by atoms with Crippen LogP contribution in [0.3, 0.4) is 0 Å². The molecular formula is C13H17N3O4. The molecule has 1 atom stereocenters. The van der Waals surface area contributed by atoms with Crippen LogP contribution >= 0.6 is 0 Å². The zero-order valence-corrected chi connectivity index (χ0v) is 11.4. The third kappa shape index (κ3) is 2.88. The van der Waals surface area contributed by atoms with Crippen LogP contribution in [0.25, 0.3) is 0 Å². The fourth-order valence-corrected chi connectivity index (χ4v) is 2.02. The van der Waals surface area contributed by atoms with Gasteiger partial charge < -0.3 is 15.4 Å². The summed E-state index contributed by atoms with van der Waals surface area (Å²) in [7, 11) is 1.43. The summed E-state index contributed by atoms with van der Waals surface area (Å²) in [5, 5.41) is 16.8. The quantitative estimate of drug-likeness (QED) is 0.627. The van der Waals surface area contributed by atoms with Gasteiger partial charge >= 0.3 is 0 Å². The van der Waals surface area contributed by atoms with Gasteiger partial charge in [-0.15, -0.1) is 0 Å². The highest BCUT2D eigenvalue weighted by Crippen LogP contribution is 2.30. The highest BCUT2D eigenvalue weighted by atomic mass is 16.6. The second kappa shape index (κ2) is 5.87. The monoisotopic (exact) mass is 279 g/mol. The Morgan fingerprint density at radius 2 is 2.25 bits per heavy atom. The smallest absolute Gasteiger partial charge is 0.296 e. The van der Waals surface area contributed by atoms with Crippen LogP contribution in [0.4, 0.5) is 11.4 Å². The molecule has 2 N–H and O–H groups in total. The second-order valence-corrected chi connectivity index (χ2v) is 4.84. The fraction of sp³-hybridized carbons (Fsp3) is 0.462. The van der Waals surface area contributed by atoms with Crippen LogP contribution < -0.4 is 15.4 Å². The number of carbonyl (C=O) groups excluding carboxylic acids is 1. The number of methoxy groups -OCH3 is 1. The number of benzene rings is 1. The molecule has 0 bridgehead atoms. The van der Waals surface area contributed by atoms with E-state index >= 15 is 0 Å². The van der Waals surface area contributed by atoms with Gasteiger partial charge in [-0.1, -0.05) is 6.92 Å². The third-order valence-corrected chi connectivity index (χ3v) is 3.59. The van der Waals surface area contributed by atoms with E-state index in [4.69, 9.17) is 4.74 Å². The Labute approximate surface area is 116 Å². The number of amides is 1. The average molecular weight is 279 g/mol. The lowest BCUT2D eigenvalue weighted by atomic mass is 9.88. The van der Waals surface area contributed by atoms with Crippen molar-refractivity contribution >= 4 is 17.3 Å². The van der Waals surface area contributed by atoms with E-state index in [-0.39, 0.29) is 29.1 Å². The Morgan fingerprint density at radius 3 is 2.75 bits per heavy atom. The number of hydrogen-bond donors (Lipinski definition) is 2. The van der Waals surface area contributed by atoms with E-state index in [1.54, 1.807) is 6.07 Å². The fourth-order valence-electron chi connectivity index (χ4n) is 2.02. The first-order valence-corrected chi connectivity index (χ1v) is 6.37. The summed E-state index contributed by atoms with van der Waals surface area (Å²) in [5.74, 6) is 0.279. The van der Waals surface area contributed by atoms with Gasteiger partial charge in [0.15, 0.2) is 0 Å². The lowest BCUT2D eigenvalue weighted by Crippen LogP contribution is -2.48. The van der Waals surface area contributed by atoms with E-state index in [0.29, 0.717) is 5.75 Å². The number of ether oxygens (including phenoxy) is 1. The van der Waals surface area contributed by atoms with E-state index in [0.717, 1.165) is 13.1 Å². The van der Waals surface area contributed by atoms with E-state index in [1.807, 2.05) is 6.92 Å². The molecular weight excluding hydrogens is 262 g/mol. The summed E-state index contributed by atoms with van der Waals surface area (Å²) in [6.07, 6.45) is 0. The van der Waals surface area contributed by atoms with Crippen molar-refractivity contribution in [3.63, 3.8) is 0 Å². The van der Waals surface area contributed by atoms with Crippen molar-refractivity contribution in [3.05, 3.63) is 28.3 Å². The number of rotatable bonds is 5. The Hall–Kier alpha value is -2.15. The van der Waals surface area contributed by atoms with Gasteiger partial charge in [0, 0.05) is 5.92 Å². The molecule has 0 aliphatic carbocycles. The molecule has 1 amide bonds. The summed E-state index contributed by atoms with van der Waals surface area (Å²) in [6.45, 7) is 3.44. The maximum absolute atomic E-state index is 12.1. The molecule has 1 aliphatic rings. The molecule has 1 heterocycles. The van der Waals surface area contributed by atoms with Crippen LogP contribution in [-0.4, -0.2) is 31.0 Å². The van der Waals surface area contributed by atoms with Crippen LogP contribution in [0, 0.1) is 22.0 Å². The van der Waals surface area contributed by atoms with Crippen molar-refractivity contribution in [2.24, 2.45) is 11.8 Å². The lowest BCUT2D eigenvalue weighted by Gasteiger charge is -2.31. The number of carbonyl (C=O) groups is 1.